The van der Waals surface area contributed by atoms with Crippen molar-refractivity contribution < 1.29 is 18.0 Å². The van der Waals surface area contributed by atoms with Crippen molar-refractivity contribution in [1.29, 1.82) is 5.41 Å². The van der Waals surface area contributed by atoms with E-state index in [1.807, 2.05) is 28.8 Å². The summed E-state index contributed by atoms with van der Waals surface area (Å²) in [7, 11) is 1.57. The van der Waals surface area contributed by atoms with E-state index in [2.05, 4.69) is 10.3 Å². The molecule has 5 rings (SSSR count). The second-order valence-corrected chi connectivity index (χ2v) is 8.36. The van der Waals surface area contributed by atoms with Gasteiger partial charge in [0.15, 0.2) is 23.1 Å². The van der Waals surface area contributed by atoms with Gasteiger partial charge in [0.05, 0.1) is 17.8 Å². The summed E-state index contributed by atoms with van der Waals surface area (Å²) < 4.78 is 42.9. The van der Waals surface area contributed by atoms with Crippen molar-refractivity contribution in [2.24, 2.45) is 0 Å². The molecule has 0 unspecified atom stereocenters. The molecule has 1 saturated heterocycles. The number of likely N-dealkylation sites (tertiary alicyclic amines) is 1. The second-order valence-electron chi connectivity index (χ2n) is 8.36. The molecule has 3 heterocycles. The van der Waals surface area contributed by atoms with Crippen LogP contribution in [0.5, 0.6) is 0 Å². The van der Waals surface area contributed by atoms with Crippen LogP contribution in [0.15, 0.2) is 42.1 Å². The third kappa shape index (κ3) is 3.67. The van der Waals surface area contributed by atoms with Crippen molar-refractivity contribution in [2.75, 3.05) is 20.1 Å². The summed E-state index contributed by atoms with van der Waals surface area (Å²) >= 11 is 0. The number of aromatic nitrogens is 2. The van der Waals surface area contributed by atoms with Gasteiger partial charge in [-0.1, -0.05) is 6.07 Å². The lowest BCUT2D eigenvalue weighted by Gasteiger charge is -2.30. The number of nitrogens with zero attached hydrogens (tertiary/aromatic N) is 3. The van der Waals surface area contributed by atoms with E-state index in [4.69, 9.17) is 5.41 Å². The summed E-state index contributed by atoms with van der Waals surface area (Å²) in [5, 5.41) is 11.4. The number of carbonyl (C=O) groups is 1. The third-order valence-electron chi connectivity index (χ3n) is 6.18. The molecule has 1 aliphatic carbocycles. The topological polar surface area (TPSA) is 73.5 Å². The fourth-order valence-electron chi connectivity index (χ4n) is 4.38. The zero-order valence-corrected chi connectivity index (χ0v) is 18.0. The van der Waals surface area contributed by atoms with Crippen LogP contribution < -0.4 is 5.32 Å². The summed E-state index contributed by atoms with van der Waals surface area (Å²) in [6.07, 6.45) is 4.33. The average Bonchev–Trinajstić information content (AvgIpc) is 3.58. The van der Waals surface area contributed by atoms with Crippen LogP contribution in [0.1, 0.15) is 47.1 Å². The highest BCUT2D eigenvalue weighted by Crippen LogP contribution is 2.40. The number of pyridine rings is 1. The monoisotopic (exact) mass is 453 g/mol. The van der Waals surface area contributed by atoms with E-state index >= 15 is 0 Å². The molecule has 2 N–H and O–H groups in total. The number of fused-ring (bicyclic) bond motifs is 1. The molecule has 0 atom stereocenters. The summed E-state index contributed by atoms with van der Waals surface area (Å²) in [5.74, 6) is -3.12. The van der Waals surface area contributed by atoms with Gasteiger partial charge in [-0.3, -0.25) is 4.79 Å². The van der Waals surface area contributed by atoms with Crippen LogP contribution in [0.2, 0.25) is 0 Å². The van der Waals surface area contributed by atoms with Gasteiger partial charge in [-0.25, -0.2) is 18.2 Å². The van der Waals surface area contributed by atoms with E-state index in [1.165, 1.54) is 0 Å². The standard InChI is InChI=1S/C24H22F3N5O/c1-29-21(14-10-16(25)20(27)17(26)11-14)15-7-9-31(12-18(15)28)24(33)22-19-4-2-3-8-32(19)23(30-22)13-5-6-13/h2-4,8,10-11,13,28-29H,5-7,9,12H2,1H3/b21-15-,28-18?. The number of carbonyl (C=O) groups excluding carboxylic acids is 1. The molecule has 2 fully saturated rings. The van der Waals surface area contributed by atoms with Gasteiger partial charge in [0.25, 0.3) is 5.91 Å². The van der Waals surface area contributed by atoms with Crippen molar-refractivity contribution in [3.05, 3.63) is 76.6 Å². The van der Waals surface area contributed by atoms with E-state index < -0.39 is 17.5 Å². The van der Waals surface area contributed by atoms with Crippen LogP contribution in [0.3, 0.4) is 0 Å². The van der Waals surface area contributed by atoms with E-state index in [-0.39, 0.29) is 23.7 Å². The highest BCUT2D eigenvalue weighted by Gasteiger charge is 2.33. The van der Waals surface area contributed by atoms with Crippen molar-refractivity contribution in [1.82, 2.24) is 19.6 Å². The number of imidazole rings is 1. The lowest BCUT2D eigenvalue weighted by atomic mass is 9.95. The van der Waals surface area contributed by atoms with Gasteiger partial charge in [-0.2, -0.15) is 0 Å². The van der Waals surface area contributed by atoms with Crippen LogP contribution in [0.25, 0.3) is 11.2 Å². The molecular formula is C24H22F3N5O. The summed E-state index contributed by atoms with van der Waals surface area (Å²) in [4.78, 5) is 19.6. The highest BCUT2D eigenvalue weighted by atomic mass is 19.2. The molecule has 1 saturated carbocycles. The van der Waals surface area contributed by atoms with Gasteiger partial charge < -0.3 is 20.0 Å². The van der Waals surface area contributed by atoms with E-state index in [9.17, 15) is 18.0 Å². The number of hydrogen-bond acceptors (Lipinski definition) is 4. The van der Waals surface area contributed by atoms with Crippen molar-refractivity contribution in [2.45, 2.75) is 25.2 Å². The van der Waals surface area contributed by atoms with E-state index in [0.717, 1.165) is 36.3 Å². The fourth-order valence-corrected chi connectivity index (χ4v) is 4.38. The minimum atomic E-state index is -1.53. The highest BCUT2D eigenvalue weighted by molar-refractivity contribution is 6.09. The molecule has 9 heteroatoms. The average molecular weight is 453 g/mol. The van der Waals surface area contributed by atoms with Gasteiger partial charge in [0.2, 0.25) is 0 Å². The molecule has 0 spiro atoms. The van der Waals surface area contributed by atoms with Crippen molar-refractivity contribution in [3.8, 4) is 0 Å². The molecule has 170 valence electrons. The van der Waals surface area contributed by atoms with E-state index in [0.29, 0.717) is 35.8 Å². The SMILES string of the molecule is CN/C(=C1/CCN(C(=O)c2nc(C3CC3)n3ccccc23)CC1=N)c1cc(F)c(F)c(F)c1. The number of halogens is 3. The molecule has 3 aromatic rings. The largest absolute Gasteiger partial charge is 0.387 e. The summed E-state index contributed by atoms with van der Waals surface area (Å²) in [5.41, 5.74) is 2.24. The first-order valence-corrected chi connectivity index (χ1v) is 10.8. The minimum absolute atomic E-state index is 0.0378. The quantitative estimate of drug-likeness (QED) is 0.584. The Balaban J connectivity index is 1.43. The second kappa shape index (κ2) is 8.06. The number of nitrogens with one attached hydrogen (secondary N) is 2. The molecule has 1 aliphatic heterocycles. The first-order chi connectivity index (χ1) is 15.9. The van der Waals surface area contributed by atoms with Crippen molar-refractivity contribution >= 4 is 22.8 Å². The maximum Gasteiger partial charge on any atom is 0.275 e. The number of benzene rings is 1. The molecule has 1 aromatic carbocycles. The molecule has 2 aromatic heterocycles. The maximum absolute atomic E-state index is 13.8. The van der Waals surface area contributed by atoms with E-state index in [1.54, 1.807) is 11.9 Å². The number of hydrogen-bond donors (Lipinski definition) is 2. The van der Waals surface area contributed by atoms with Crippen LogP contribution in [0, 0.1) is 22.9 Å². The predicted octanol–water partition coefficient (Wildman–Crippen LogP) is 4.13. The van der Waals surface area contributed by atoms with Crippen LogP contribution >= 0.6 is 0 Å². The van der Waals surface area contributed by atoms with Crippen LogP contribution in [-0.4, -0.2) is 46.0 Å². The lowest BCUT2D eigenvalue weighted by Crippen LogP contribution is -2.42. The summed E-state index contributed by atoms with van der Waals surface area (Å²) in [6.45, 7) is 0.356. The molecule has 33 heavy (non-hydrogen) atoms. The lowest BCUT2D eigenvalue weighted by molar-refractivity contribution is 0.0772. The first-order valence-electron chi connectivity index (χ1n) is 10.8. The van der Waals surface area contributed by atoms with Gasteiger partial charge in [0, 0.05) is 42.5 Å². The Labute approximate surface area is 188 Å². The van der Waals surface area contributed by atoms with Crippen LogP contribution in [-0.2, 0) is 0 Å². The number of rotatable bonds is 4. The van der Waals surface area contributed by atoms with Gasteiger partial charge in [-0.15, -0.1) is 0 Å². The smallest absolute Gasteiger partial charge is 0.275 e. The van der Waals surface area contributed by atoms with Gasteiger partial charge >= 0.3 is 0 Å². The van der Waals surface area contributed by atoms with Crippen LogP contribution in [0.4, 0.5) is 13.2 Å². The predicted molar refractivity (Wildman–Crippen MR) is 118 cm³/mol. The summed E-state index contributed by atoms with van der Waals surface area (Å²) in [6, 6.07) is 7.44. The molecule has 0 bridgehead atoms. The fraction of sp³-hybridized carbons (Fsp3) is 0.292. The molecule has 0 radical (unpaired) electrons. The Hall–Kier alpha value is -3.62. The maximum atomic E-state index is 13.8. The molecule has 1 amide bonds. The third-order valence-corrected chi connectivity index (χ3v) is 6.18. The molecule has 2 aliphatic rings. The molecular weight excluding hydrogens is 431 g/mol. The number of piperidine rings is 1. The normalized spacial score (nSPS) is 18.1. The van der Waals surface area contributed by atoms with Gasteiger partial charge in [-0.05, 0) is 43.5 Å². The Morgan fingerprint density at radius 3 is 2.55 bits per heavy atom. The van der Waals surface area contributed by atoms with Crippen molar-refractivity contribution in [3.63, 3.8) is 0 Å². The number of amides is 1. The first kappa shape index (κ1) is 21.2. The zero-order chi connectivity index (χ0) is 23.3. The Morgan fingerprint density at radius 1 is 1.18 bits per heavy atom. The zero-order valence-electron chi connectivity index (χ0n) is 18.0. The Kier molecular flexibility index (Phi) is 5.19. The van der Waals surface area contributed by atoms with Gasteiger partial charge in [0.1, 0.15) is 5.82 Å². The Morgan fingerprint density at radius 2 is 1.91 bits per heavy atom. The minimum Gasteiger partial charge on any atom is -0.387 e. The Bertz CT molecular complexity index is 1300. The molecule has 6 nitrogen and oxygen atoms in total.